The third-order valence-electron chi connectivity index (χ3n) is 1.79. The molecule has 0 heterocycles. The molecule has 2 N–H and O–H groups in total. The molecule has 0 atom stereocenters. The Hall–Kier alpha value is -2.24. The summed E-state index contributed by atoms with van der Waals surface area (Å²) in [7, 11) is 0. The number of likely N-dealkylation sites (N-methyl/N-ethyl adjacent to an activating group) is 1. The molecule has 6 heteroatoms. The van der Waals surface area contributed by atoms with Crippen LogP contribution in [-0.4, -0.2) is 24.6 Å². The van der Waals surface area contributed by atoms with Crippen LogP contribution in [0.5, 0.6) is 0 Å². The number of halogens is 1. The number of amides is 2. The summed E-state index contributed by atoms with van der Waals surface area (Å²) in [5, 5.41) is 5.89. The molecule has 17 heavy (non-hydrogen) atoms. The summed E-state index contributed by atoms with van der Waals surface area (Å²) in [6.45, 7) is 2.07. The van der Waals surface area contributed by atoms with Gasteiger partial charge in [0.05, 0.1) is 6.21 Å². The van der Waals surface area contributed by atoms with E-state index in [4.69, 9.17) is 0 Å². The van der Waals surface area contributed by atoms with Gasteiger partial charge in [-0.3, -0.25) is 9.59 Å². The van der Waals surface area contributed by atoms with Gasteiger partial charge in [0.15, 0.2) is 0 Å². The van der Waals surface area contributed by atoms with Gasteiger partial charge >= 0.3 is 11.8 Å². The van der Waals surface area contributed by atoms with Gasteiger partial charge in [0.1, 0.15) is 5.82 Å². The van der Waals surface area contributed by atoms with E-state index in [1.165, 1.54) is 30.5 Å². The smallest absolute Gasteiger partial charge is 0.329 e. The van der Waals surface area contributed by atoms with Crippen molar-refractivity contribution >= 4 is 18.0 Å². The Balaban J connectivity index is 2.47. The lowest BCUT2D eigenvalue weighted by Gasteiger charge is -1.99. The zero-order valence-corrected chi connectivity index (χ0v) is 9.24. The lowest BCUT2D eigenvalue weighted by atomic mass is 10.2. The monoisotopic (exact) mass is 237 g/mol. The molecule has 0 aliphatic heterocycles. The van der Waals surface area contributed by atoms with Crippen molar-refractivity contribution in [2.75, 3.05) is 6.54 Å². The first-order chi connectivity index (χ1) is 8.13. The SMILES string of the molecule is CCNC(=O)C(=O)N/N=C\c1ccc(F)cc1. The van der Waals surface area contributed by atoms with E-state index in [0.29, 0.717) is 12.1 Å². The Labute approximate surface area is 97.7 Å². The van der Waals surface area contributed by atoms with Crippen LogP contribution >= 0.6 is 0 Å². The fourth-order valence-corrected chi connectivity index (χ4v) is 1.01. The number of hydrogen-bond donors (Lipinski definition) is 2. The molecule has 1 aromatic carbocycles. The molecule has 0 saturated carbocycles. The van der Waals surface area contributed by atoms with Gasteiger partial charge in [-0.2, -0.15) is 5.10 Å². The molecule has 1 aromatic rings. The van der Waals surface area contributed by atoms with Crippen LogP contribution in [0.15, 0.2) is 29.4 Å². The molecular weight excluding hydrogens is 225 g/mol. The van der Waals surface area contributed by atoms with Crippen molar-refractivity contribution in [2.45, 2.75) is 6.92 Å². The number of nitrogens with one attached hydrogen (secondary N) is 2. The maximum absolute atomic E-state index is 12.6. The molecule has 0 unspecified atom stereocenters. The fourth-order valence-electron chi connectivity index (χ4n) is 1.01. The van der Waals surface area contributed by atoms with Gasteiger partial charge < -0.3 is 5.32 Å². The third-order valence-corrected chi connectivity index (χ3v) is 1.79. The normalized spacial score (nSPS) is 10.2. The molecule has 0 spiro atoms. The first-order valence-corrected chi connectivity index (χ1v) is 5.00. The predicted molar refractivity (Wildman–Crippen MR) is 60.8 cm³/mol. The number of nitrogens with zero attached hydrogens (tertiary/aromatic N) is 1. The van der Waals surface area contributed by atoms with Gasteiger partial charge in [0, 0.05) is 6.54 Å². The van der Waals surface area contributed by atoms with Crippen LogP contribution < -0.4 is 10.7 Å². The van der Waals surface area contributed by atoms with Crippen molar-refractivity contribution in [3.63, 3.8) is 0 Å². The molecule has 0 radical (unpaired) electrons. The number of benzene rings is 1. The molecule has 0 aromatic heterocycles. The summed E-state index contributed by atoms with van der Waals surface area (Å²) in [6, 6.07) is 5.54. The van der Waals surface area contributed by atoms with Crippen molar-refractivity contribution in [2.24, 2.45) is 5.10 Å². The lowest BCUT2D eigenvalue weighted by molar-refractivity contribution is -0.139. The van der Waals surface area contributed by atoms with E-state index in [9.17, 15) is 14.0 Å². The molecular formula is C11H12FN3O2. The Morgan fingerprint density at radius 1 is 1.29 bits per heavy atom. The predicted octanol–water partition coefficient (Wildman–Crippen LogP) is 0.412. The molecule has 90 valence electrons. The maximum atomic E-state index is 12.6. The van der Waals surface area contributed by atoms with Gasteiger partial charge in [0.25, 0.3) is 0 Å². The zero-order chi connectivity index (χ0) is 12.7. The summed E-state index contributed by atoms with van der Waals surface area (Å²) < 4.78 is 12.6. The first-order valence-electron chi connectivity index (χ1n) is 5.00. The highest BCUT2D eigenvalue weighted by molar-refractivity contribution is 6.35. The number of carbonyl (C=O) groups is 2. The van der Waals surface area contributed by atoms with Crippen molar-refractivity contribution < 1.29 is 14.0 Å². The van der Waals surface area contributed by atoms with E-state index in [-0.39, 0.29) is 5.82 Å². The topological polar surface area (TPSA) is 70.6 Å². The van der Waals surface area contributed by atoms with Gasteiger partial charge in [-0.15, -0.1) is 0 Å². The van der Waals surface area contributed by atoms with E-state index >= 15 is 0 Å². The second-order valence-electron chi connectivity index (χ2n) is 3.11. The molecule has 0 saturated heterocycles. The molecule has 2 amide bonds. The zero-order valence-electron chi connectivity index (χ0n) is 9.24. The quantitative estimate of drug-likeness (QED) is 0.454. The summed E-state index contributed by atoms with van der Waals surface area (Å²) in [4.78, 5) is 22.1. The van der Waals surface area contributed by atoms with E-state index in [1.807, 2.05) is 0 Å². The van der Waals surface area contributed by atoms with Crippen LogP contribution in [0.1, 0.15) is 12.5 Å². The third kappa shape index (κ3) is 4.42. The first kappa shape index (κ1) is 12.8. The molecule has 0 aliphatic rings. The minimum atomic E-state index is -0.842. The van der Waals surface area contributed by atoms with Crippen LogP contribution in [0.3, 0.4) is 0 Å². The van der Waals surface area contributed by atoms with Crippen molar-refractivity contribution in [1.82, 2.24) is 10.7 Å². The number of carbonyl (C=O) groups excluding carboxylic acids is 2. The second kappa shape index (κ2) is 6.37. The lowest BCUT2D eigenvalue weighted by Crippen LogP contribution is -2.37. The minimum Gasteiger partial charge on any atom is -0.348 e. The van der Waals surface area contributed by atoms with Crippen LogP contribution in [0, 0.1) is 5.82 Å². The standard InChI is InChI=1S/C11H12FN3O2/c1-2-13-10(16)11(17)15-14-7-8-3-5-9(12)6-4-8/h3-7H,2H2,1H3,(H,13,16)(H,15,17)/b14-7-. The summed E-state index contributed by atoms with van der Waals surface area (Å²) >= 11 is 0. The van der Waals surface area contributed by atoms with Crippen LogP contribution in [0.4, 0.5) is 4.39 Å². The minimum absolute atomic E-state index is 0.353. The average molecular weight is 237 g/mol. The van der Waals surface area contributed by atoms with E-state index in [1.54, 1.807) is 6.92 Å². The number of hydrazone groups is 1. The molecule has 0 fully saturated rings. The van der Waals surface area contributed by atoms with Crippen molar-refractivity contribution in [1.29, 1.82) is 0 Å². The summed E-state index contributed by atoms with van der Waals surface area (Å²) in [5.74, 6) is -1.94. The maximum Gasteiger partial charge on any atom is 0.329 e. The van der Waals surface area contributed by atoms with Gasteiger partial charge in [-0.25, -0.2) is 9.82 Å². The van der Waals surface area contributed by atoms with Crippen LogP contribution in [0.2, 0.25) is 0 Å². The number of hydrogen-bond acceptors (Lipinski definition) is 3. The van der Waals surface area contributed by atoms with Crippen molar-refractivity contribution in [3.8, 4) is 0 Å². The number of rotatable bonds is 3. The van der Waals surface area contributed by atoms with Gasteiger partial charge in [-0.1, -0.05) is 12.1 Å². The molecule has 5 nitrogen and oxygen atoms in total. The van der Waals surface area contributed by atoms with Crippen molar-refractivity contribution in [3.05, 3.63) is 35.6 Å². The molecule has 0 bridgehead atoms. The van der Waals surface area contributed by atoms with Gasteiger partial charge in [-0.05, 0) is 24.6 Å². The highest BCUT2D eigenvalue weighted by Crippen LogP contribution is 1.99. The largest absolute Gasteiger partial charge is 0.348 e. The Bertz CT molecular complexity index is 429. The Morgan fingerprint density at radius 3 is 2.53 bits per heavy atom. The molecule has 1 rings (SSSR count). The van der Waals surface area contributed by atoms with Crippen LogP contribution in [0.25, 0.3) is 0 Å². The highest BCUT2D eigenvalue weighted by Gasteiger charge is 2.09. The highest BCUT2D eigenvalue weighted by atomic mass is 19.1. The van der Waals surface area contributed by atoms with Crippen LogP contribution in [-0.2, 0) is 9.59 Å². The van der Waals surface area contributed by atoms with E-state index in [0.717, 1.165) is 0 Å². The molecule has 0 aliphatic carbocycles. The van der Waals surface area contributed by atoms with Gasteiger partial charge in [0.2, 0.25) is 0 Å². The summed E-state index contributed by atoms with van der Waals surface area (Å²) in [5.41, 5.74) is 2.67. The summed E-state index contributed by atoms with van der Waals surface area (Å²) in [6.07, 6.45) is 1.32. The van der Waals surface area contributed by atoms with E-state index in [2.05, 4.69) is 15.8 Å². The second-order valence-corrected chi connectivity index (χ2v) is 3.11. The Morgan fingerprint density at radius 2 is 1.94 bits per heavy atom. The fraction of sp³-hybridized carbons (Fsp3) is 0.182. The Kier molecular flexibility index (Phi) is 4.80. The van der Waals surface area contributed by atoms with E-state index < -0.39 is 11.8 Å². The average Bonchev–Trinajstić information content (AvgIpc) is 2.32.